The molecule has 1 fully saturated rings. The Morgan fingerprint density at radius 3 is 2.83 bits per heavy atom. The minimum Gasteiger partial charge on any atom is -0.390 e. The number of nitrogens with two attached hydrogens (primary N) is 1. The highest BCUT2D eigenvalue weighted by Gasteiger charge is 2.37. The molecular weight excluding hydrogens is 157 g/mol. The quantitative estimate of drug-likeness (QED) is 0.677. The first-order valence-electron chi connectivity index (χ1n) is 4.61. The smallest absolute Gasteiger partial charge is 0.115 e. The Morgan fingerprint density at radius 1 is 1.75 bits per heavy atom. The molecule has 72 valence electrons. The van der Waals surface area contributed by atoms with Gasteiger partial charge in [-0.25, -0.2) is 4.39 Å². The molecule has 3 N–H and O–H groups in total. The van der Waals surface area contributed by atoms with Crippen LogP contribution in [0.15, 0.2) is 0 Å². The summed E-state index contributed by atoms with van der Waals surface area (Å²) in [5.74, 6) is 0.415. The van der Waals surface area contributed by atoms with Crippen molar-refractivity contribution in [3.05, 3.63) is 0 Å². The number of halogens is 1. The van der Waals surface area contributed by atoms with Gasteiger partial charge in [0.1, 0.15) is 6.67 Å². The topological polar surface area (TPSA) is 46.2 Å². The summed E-state index contributed by atoms with van der Waals surface area (Å²) in [5.41, 5.74) is 5.74. The summed E-state index contributed by atoms with van der Waals surface area (Å²) in [4.78, 5) is 0. The Labute approximate surface area is 73.0 Å². The molecule has 0 radical (unpaired) electrons. The van der Waals surface area contributed by atoms with Gasteiger partial charge < -0.3 is 10.8 Å². The van der Waals surface area contributed by atoms with E-state index in [1.165, 1.54) is 0 Å². The third-order valence-electron chi connectivity index (χ3n) is 3.05. The summed E-state index contributed by atoms with van der Waals surface area (Å²) in [6.45, 7) is 1.41. The van der Waals surface area contributed by atoms with Gasteiger partial charge in [-0.3, -0.25) is 0 Å². The molecule has 0 aromatic carbocycles. The number of aliphatic hydroxyl groups is 1. The summed E-state index contributed by atoms with van der Waals surface area (Å²) in [6.07, 6.45) is 2.68. The molecule has 0 aliphatic heterocycles. The van der Waals surface area contributed by atoms with Gasteiger partial charge >= 0.3 is 0 Å². The van der Waals surface area contributed by atoms with Crippen molar-refractivity contribution in [2.75, 3.05) is 6.67 Å². The molecule has 0 spiro atoms. The molecule has 1 saturated carbocycles. The lowest BCUT2D eigenvalue weighted by Crippen LogP contribution is -2.45. The van der Waals surface area contributed by atoms with Crippen molar-refractivity contribution in [1.29, 1.82) is 0 Å². The lowest BCUT2D eigenvalue weighted by Gasteiger charge is -2.30. The van der Waals surface area contributed by atoms with Crippen LogP contribution in [0, 0.1) is 5.92 Å². The van der Waals surface area contributed by atoms with Crippen molar-refractivity contribution < 1.29 is 9.50 Å². The summed E-state index contributed by atoms with van der Waals surface area (Å²) in [6, 6.07) is 0. The van der Waals surface area contributed by atoms with E-state index >= 15 is 0 Å². The van der Waals surface area contributed by atoms with Gasteiger partial charge in [0.25, 0.3) is 0 Å². The number of hydrogen-bond acceptors (Lipinski definition) is 2. The highest BCUT2D eigenvalue weighted by atomic mass is 19.1. The Morgan fingerprint density at radius 2 is 2.42 bits per heavy atom. The summed E-state index contributed by atoms with van der Waals surface area (Å²) in [5, 5.41) is 9.15. The fraction of sp³-hybridized carbons (Fsp3) is 1.00. The Balaban J connectivity index is 2.47. The number of hydrogen-bond donors (Lipinski definition) is 2. The number of alkyl halides is 1. The van der Waals surface area contributed by atoms with Crippen LogP contribution in [0.25, 0.3) is 0 Å². The van der Waals surface area contributed by atoms with E-state index in [0.717, 1.165) is 19.3 Å². The van der Waals surface area contributed by atoms with Crippen molar-refractivity contribution in [2.45, 2.75) is 44.2 Å². The normalized spacial score (nSPS) is 38.5. The Hall–Kier alpha value is -0.150. The maximum absolute atomic E-state index is 12.0. The number of rotatable bonds is 3. The lowest BCUT2D eigenvalue weighted by atomic mass is 9.84. The van der Waals surface area contributed by atoms with Crippen LogP contribution in [0.5, 0.6) is 0 Å². The largest absolute Gasteiger partial charge is 0.390 e. The molecule has 3 heteroatoms. The molecule has 1 rings (SSSR count). The fourth-order valence-corrected chi connectivity index (χ4v) is 2.07. The van der Waals surface area contributed by atoms with E-state index in [9.17, 15) is 4.39 Å². The molecular formula is C9H18FNO. The van der Waals surface area contributed by atoms with Crippen molar-refractivity contribution in [1.82, 2.24) is 0 Å². The maximum atomic E-state index is 12.0. The molecule has 0 aromatic heterocycles. The number of aliphatic hydroxyl groups excluding tert-OH is 1. The first-order valence-corrected chi connectivity index (χ1v) is 4.61. The summed E-state index contributed by atoms with van der Waals surface area (Å²) < 4.78 is 12.0. The SMILES string of the molecule is CC1CCCC1(N)CC(O)CF. The van der Waals surface area contributed by atoms with Gasteiger partial charge in [-0.05, 0) is 25.2 Å². The van der Waals surface area contributed by atoms with E-state index in [0.29, 0.717) is 12.3 Å². The van der Waals surface area contributed by atoms with Crippen LogP contribution in [-0.2, 0) is 0 Å². The van der Waals surface area contributed by atoms with Gasteiger partial charge in [-0.2, -0.15) is 0 Å². The van der Waals surface area contributed by atoms with Crippen molar-refractivity contribution in [3.8, 4) is 0 Å². The van der Waals surface area contributed by atoms with Gasteiger partial charge in [-0.15, -0.1) is 0 Å². The molecule has 1 aliphatic rings. The zero-order valence-electron chi connectivity index (χ0n) is 7.59. The van der Waals surface area contributed by atoms with Gasteiger partial charge in [0, 0.05) is 5.54 Å². The van der Waals surface area contributed by atoms with E-state index < -0.39 is 12.8 Å². The molecule has 12 heavy (non-hydrogen) atoms. The van der Waals surface area contributed by atoms with Crippen LogP contribution in [0.1, 0.15) is 32.6 Å². The fourth-order valence-electron chi connectivity index (χ4n) is 2.07. The Kier molecular flexibility index (Phi) is 3.07. The molecule has 3 atom stereocenters. The van der Waals surface area contributed by atoms with E-state index in [1.807, 2.05) is 0 Å². The van der Waals surface area contributed by atoms with E-state index in [2.05, 4.69) is 6.92 Å². The van der Waals surface area contributed by atoms with Crippen molar-refractivity contribution >= 4 is 0 Å². The van der Waals surface area contributed by atoms with Crippen LogP contribution in [0.4, 0.5) is 4.39 Å². The van der Waals surface area contributed by atoms with Gasteiger partial charge in [-0.1, -0.05) is 13.3 Å². The first-order chi connectivity index (χ1) is 5.58. The predicted octanol–water partition coefficient (Wildman–Crippen LogP) is 1.22. The van der Waals surface area contributed by atoms with E-state index in [-0.39, 0.29) is 5.54 Å². The molecule has 0 saturated heterocycles. The standard InChI is InChI=1S/C9H18FNO/c1-7-3-2-4-9(7,11)5-8(12)6-10/h7-8,12H,2-6,11H2,1H3. The molecule has 1 aliphatic carbocycles. The van der Waals surface area contributed by atoms with Gasteiger partial charge in [0.15, 0.2) is 0 Å². The molecule has 2 nitrogen and oxygen atoms in total. The van der Waals surface area contributed by atoms with Crippen LogP contribution in [0.3, 0.4) is 0 Å². The maximum Gasteiger partial charge on any atom is 0.115 e. The minimum absolute atomic E-state index is 0.314. The third kappa shape index (κ3) is 1.96. The Bertz CT molecular complexity index is 153. The molecule has 0 heterocycles. The second-order valence-corrected chi connectivity index (χ2v) is 4.04. The zero-order chi connectivity index (χ0) is 9.19. The van der Waals surface area contributed by atoms with Crippen LogP contribution in [-0.4, -0.2) is 23.4 Å². The average molecular weight is 175 g/mol. The lowest BCUT2D eigenvalue weighted by molar-refractivity contribution is 0.0942. The van der Waals surface area contributed by atoms with Gasteiger partial charge in [0.2, 0.25) is 0 Å². The summed E-state index contributed by atoms with van der Waals surface area (Å²) in [7, 11) is 0. The second-order valence-electron chi connectivity index (χ2n) is 4.04. The molecule has 0 bridgehead atoms. The summed E-state index contributed by atoms with van der Waals surface area (Å²) >= 11 is 0. The zero-order valence-corrected chi connectivity index (χ0v) is 7.59. The monoisotopic (exact) mass is 175 g/mol. The van der Waals surface area contributed by atoms with Crippen molar-refractivity contribution in [2.24, 2.45) is 11.7 Å². The molecule has 0 amide bonds. The van der Waals surface area contributed by atoms with E-state index in [1.54, 1.807) is 0 Å². The molecule has 3 unspecified atom stereocenters. The van der Waals surface area contributed by atoms with Crippen LogP contribution < -0.4 is 5.73 Å². The highest BCUT2D eigenvalue weighted by molar-refractivity contribution is 4.95. The molecule has 0 aromatic rings. The van der Waals surface area contributed by atoms with Gasteiger partial charge in [0.05, 0.1) is 6.10 Å². The minimum atomic E-state index is -0.865. The first kappa shape index (κ1) is 9.93. The highest BCUT2D eigenvalue weighted by Crippen LogP contribution is 2.36. The second kappa shape index (κ2) is 3.71. The van der Waals surface area contributed by atoms with Crippen molar-refractivity contribution in [3.63, 3.8) is 0 Å². The van der Waals surface area contributed by atoms with Crippen LogP contribution >= 0.6 is 0 Å². The third-order valence-corrected chi connectivity index (χ3v) is 3.05. The predicted molar refractivity (Wildman–Crippen MR) is 46.5 cm³/mol. The van der Waals surface area contributed by atoms with Crippen LogP contribution in [0.2, 0.25) is 0 Å². The average Bonchev–Trinajstić information content (AvgIpc) is 2.32. The van der Waals surface area contributed by atoms with E-state index in [4.69, 9.17) is 10.8 Å².